The van der Waals surface area contributed by atoms with Crippen LogP contribution >= 0.6 is 0 Å². The van der Waals surface area contributed by atoms with Gasteiger partial charge in [-0.2, -0.15) is 0 Å². The smallest absolute Gasteiger partial charge is 0.0327 e. The molecule has 0 saturated heterocycles. The second kappa shape index (κ2) is 8.10. The molecule has 17 heavy (non-hydrogen) atoms. The van der Waals surface area contributed by atoms with E-state index in [-0.39, 0.29) is 0 Å². The van der Waals surface area contributed by atoms with Crippen molar-refractivity contribution in [2.24, 2.45) is 0 Å². The molecule has 2 heteroatoms. The van der Waals surface area contributed by atoms with Crippen molar-refractivity contribution in [3.8, 4) is 0 Å². The lowest BCUT2D eigenvalue weighted by molar-refractivity contribution is 0.0988. The fourth-order valence-corrected chi connectivity index (χ4v) is 2.99. The molecule has 0 bridgehead atoms. The van der Waals surface area contributed by atoms with Crippen molar-refractivity contribution < 1.29 is 0 Å². The first-order chi connectivity index (χ1) is 8.21. The summed E-state index contributed by atoms with van der Waals surface area (Å²) in [6.45, 7) is 4.66. The number of likely N-dealkylation sites (N-methyl/N-ethyl adjacent to an activating group) is 1. The van der Waals surface area contributed by atoms with Gasteiger partial charge in [0.15, 0.2) is 0 Å². The lowest BCUT2D eigenvalue weighted by Gasteiger charge is -2.43. The highest BCUT2D eigenvalue weighted by molar-refractivity contribution is 4.92. The highest BCUT2D eigenvalue weighted by atomic mass is 15.2. The lowest BCUT2D eigenvalue weighted by Crippen LogP contribution is -2.52. The normalized spacial score (nSPS) is 19.8. The molecule has 0 radical (unpaired) electrons. The zero-order valence-electron chi connectivity index (χ0n) is 12.2. The van der Waals surface area contributed by atoms with E-state index in [1.54, 1.807) is 0 Å². The number of hydrogen-bond donors (Lipinski definition) is 1. The minimum atomic E-state index is 0.447. The van der Waals surface area contributed by atoms with Crippen molar-refractivity contribution in [1.29, 1.82) is 0 Å². The third-order valence-electron chi connectivity index (χ3n) is 4.39. The largest absolute Gasteiger partial charge is 0.315 e. The second-order valence-electron chi connectivity index (χ2n) is 5.92. The average Bonchev–Trinajstić information content (AvgIpc) is 2.34. The molecular weight excluding hydrogens is 208 g/mol. The Morgan fingerprint density at radius 3 is 2.29 bits per heavy atom. The molecule has 0 amide bonds. The third-order valence-corrected chi connectivity index (χ3v) is 4.39. The van der Waals surface area contributed by atoms with Gasteiger partial charge in [0.2, 0.25) is 0 Å². The van der Waals surface area contributed by atoms with Crippen molar-refractivity contribution in [3.05, 3.63) is 0 Å². The minimum absolute atomic E-state index is 0.447. The van der Waals surface area contributed by atoms with Gasteiger partial charge >= 0.3 is 0 Å². The van der Waals surface area contributed by atoms with E-state index >= 15 is 0 Å². The van der Waals surface area contributed by atoms with Crippen LogP contribution in [0, 0.1) is 0 Å². The van der Waals surface area contributed by atoms with E-state index in [2.05, 4.69) is 31.2 Å². The van der Waals surface area contributed by atoms with Gasteiger partial charge in [-0.1, -0.05) is 45.4 Å². The Hall–Kier alpha value is -0.0800. The Bertz CT molecular complexity index is 183. The number of hydrogen-bond acceptors (Lipinski definition) is 2. The Balaban J connectivity index is 2.20. The molecule has 102 valence electrons. The fourth-order valence-electron chi connectivity index (χ4n) is 2.99. The van der Waals surface area contributed by atoms with Gasteiger partial charge in [0.05, 0.1) is 0 Å². The van der Waals surface area contributed by atoms with E-state index < -0.39 is 0 Å². The van der Waals surface area contributed by atoms with Crippen molar-refractivity contribution in [2.45, 2.75) is 70.3 Å². The van der Waals surface area contributed by atoms with E-state index in [4.69, 9.17) is 0 Å². The van der Waals surface area contributed by atoms with Gasteiger partial charge < -0.3 is 10.2 Å². The standard InChI is InChI=1S/C15H32N2/c1-4-5-6-10-13-16-14-15(17(2)3)11-8-7-9-12-15/h16H,4-14H2,1-3H3. The van der Waals surface area contributed by atoms with Crippen LogP contribution in [0.5, 0.6) is 0 Å². The molecule has 2 nitrogen and oxygen atoms in total. The van der Waals surface area contributed by atoms with Gasteiger partial charge in [-0.25, -0.2) is 0 Å². The first-order valence-corrected chi connectivity index (χ1v) is 7.59. The topological polar surface area (TPSA) is 15.3 Å². The summed E-state index contributed by atoms with van der Waals surface area (Å²) in [5.41, 5.74) is 0.447. The molecule has 0 atom stereocenters. The van der Waals surface area contributed by atoms with Gasteiger partial charge in [0, 0.05) is 12.1 Å². The molecule has 1 aliphatic rings. The molecular formula is C15H32N2. The number of unbranched alkanes of at least 4 members (excludes halogenated alkanes) is 3. The van der Waals surface area contributed by atoms with Gasteiger partial charge in [0.25, 0.3) is 0 Å². The maximum atomic E-state index is 3.69. The maximum Gasteiger partial charge on any atom is 0.0327 e. The molecule has 1 saturated carbocycles. The van der Waals surface area contributed by atoms with Crippen LogP contribution in [0.1, 0.15) is 64.7 Å². The lowest BCUT2D eigenvalue weighted by atomic mass is 9.80. The Labute approximate surface area is 108 Å². The van der Waals surface area contributed by atoms with Gasteiger partial charge in [-0.15, -0.1) is 0 Å². The van der Waals surface area contributed by atoms with Crippen LogP contribution in [0.15, 0.2) is 0 Å². The van der Waals surface area contributed by atoms with E-state index in [0.717, 1.165) is 0 Å². The summed E-state index contributed by atoms with van der Waals surface area (Å²) < 4.78 is 0. The third kappa shape index (κ3) is 4.97. The Morgan fingerprint density at radius 2 is 1.71 bits per heavy atom. The molecule has 0 aromatic rings. The summed E-state index contributed by atoms with van der Waals surface area (Å²) in [7, 11) is 4.51. The van der Waals surface area contributed by atoms with E-state index in [1.165, 1.54) is 70.9 Å². The molecule has 1 fully saturated rings. The van der Waals surface area contributed by atoms with Crippen LogP contribution in [-0.4, -0.2) is 37.6 Å². The monoisotopic (exact) mass is 240 g/mol. The molecule has 0 aromatic carbocycles. The van der Waals surface area contributed by atoms with Crippen LogP contribution < -0.4 is 5.32 Å². The number of nitrogens with one attached hydrogen (secondary N) is 1. The molecule has 0 heterocycles. The predicted octanol–water partition coefficient (Wildman–Crippen LogP) is 3.42. The first-order valence-electron chi connectivity index (χ1n) is 7.59. The summed E-state index contributed by atoms with van der Waals surface area (Å²) in [5.74, 6) is 0. The van der Waals surface area contributed by atoms with Crippen LogP contribution in [0.3, 0.4) is 0 Å². The summed E-state index contributed by atoms with van der Waals surface area (Å²) in [4.78, 5) is 2.46. The van der Waals surface area contributed by atoms with E-state index in [9.17, 15) is 0 Å². The van der Waals surface area contributed by atoms with Crippen molar-refractivity contribution in [3.63, 3.8) is 0 Å². The summed E-state index contributed by atoms with van der Waals surface area (Å²) in [6, 6.07) is 0. The SMILES string of the molecule is CCCCCCNCC1(N(C)C)CCCCC1. The van der Waals surface area contributed by atoms with Crippen molar-refractivity contribution in [2.75, 3.05) is 27.2 Å². The van der Waals surface area contributed by atoms with E-state index in [0.29, 0.717) is 5.54 Å². The van der Waals surface area contributed by atoms with Crippen LogP contribution in [0.25, 0.3) is 0 Å². The molecule has 0 spiro atoms. The van der Waals surface area contributed by atoms with E-state index in [1.807, 2.05) is 0 Å². The quantitative estimate of drug-likeness (QED) is 0.654. The summed E-state index contributed by atoms with van der Waals surface area (Å²) in [5, 5.41) is 3.69. The minimum Gasteiger partial charge on any atom is -0.315 e. The molecule has 0 aromatic heterocycles. The zero-order valence-corrected chi connectivity index (χ0v) is 12.2. The van der Waals surface area contributed by atoms with Crippen LogP contribution in [-0.2, 0) is 0 Å². The highest BCUT2D eigenvalue weighted by Gasteiger charge is 2.33. The zero-order chi connectivity index (χ0) is 12.6. The van der Waals surface area contributed by atoms with Gasteiger partial charge in [0.1, 0.15) is 0 Å². The highest BCUT2D eigenvalue weighted by Crippen LogP contribution is 2.31. The van der Waals surface area contributed by atoms with Crippen molar-refractivity contribution in [1.82, 2.24) is 10.2 Å². The summed E-state index contributed by atoms with van der Waals surface area (Å²) in [6.07, 6.45) is 12.5. The molecule has 1 N–H and O–H groups in total. The molecule has 0 unspecified atom stereocenters. The average molecular weight is 240 g/mol. The van der Waals surface area contributed by atoms with Gasteiger partial charge in [-0.05, 0) is 39.9 Å². The predicted molar refractivity (Wildman–Crippen MR) is 76.5 cm³/mol. The summed E-state index contributed by atoms with van der Waals surface area (Å²) >= 11 is 0. The number of nitrogens with zero attached hydrogens (tertiary/aromatic N) is 1. The maximum absolute atomic E-state index is 3.69. The fraction of sp³-hybridized carbons (Fsp3) is 1.00. The number of rotatable bonds is 8. The van der Waals surface area contributed by atoms with Gasteiger partial charge in [-0.3, -0.25) is 0 Å². The first kappa shape index (κ1) is 15.0. The Morgan fingerprint density at radius 1 is 1.00 bits per heavy atom. The van der Waals surface area contributed by atoms with Crippen molar-refractivity contribution >= 4 is 0 Å². The van der Waals surface area contributed by atoms with Crippen LogP contribution in [0.4, 0.5) is 0 Å². The molecule has 0 aliphatic heterocycles. The second-order valence-corrected chi connectivity index (χ2v) is 5.92. The molecule has 1 rings (SSSR count). The van der Waals surface area contributed by atoms with Crippen LogP contribution in [0.2, 0.25) is 0 Å². The Kier molecular flexibility index (Phi) is 7.14. The molecule has 1 aliphatic carbocycles.